The molecule has 3 rings (SSSR count). The van der Waals surface area contributed by atoms with Crippen LogP contribution >= 0.6 is 0 Å². The summed E-state index contributed by atoms with van der Waals surface area (Å²) in [6, 6.07) is 7.75. The fraction of sp³-hybridized carbons (Fsp3) is 0.462. The number of urea groups is 1. The average molecular weight is 232 g/mol. The molecule has 0 heterocycles. The molecule has 0 saturated heterocycles. The predicted molar refractivity (Wildman–Crippen MR) is 63.6 cm³/mol. The summed E-state index contributed by atoms with van der Waals surface area (Å²) in [7, 11) is 0. The van der Waals surface area contributed by atoms with Crippen LogP contribution in [0.1, 0.15) is 30.0 Å². The van der Waals surface area contributed by atoms with E-state index in [1.54, 1.807) is 0 Å². The van der Waals surface area contributed by atoms with Gasteiger partial charge in [-0.3, -0.25) is 0 Å². The van der Waals surface area contributed by atoms with Crippen molar-refractivity contribution < 1.29 is 9.90 Å². The molecule has 17 heavy (non-hydrogen) atoms. The highest BCUT2D eigenvalue weighted by Crippen LogP contribution is 2.31. The van der Waals surface area contributed by atoms with E-state index in [4.69, 9.17) is 0 Å². The van der Waals surface area contributed by atoms with Gasteiger partial charge in [-0.2, -0.15) is 0 Å². The van der Waals surface area contributed by atoms with Crippen LogP contribution in [0, 0.1) is 0 Å². The van der Waals surface area contributed by atoms with Gasteiger partial charge in [-0.05, 0) is 24.0 Å². The Morgan fingerprint density at radius 1 is 1.24 bits per heavy atom. The monoisotopic (exact) mass is 232 g/mol. The number of nitrogens with one attached hydrogen (secondary N) is 2. The molecule has 0 aromatic heterocycles. The number of carbonyl (C=O) groups excluding carboxylic acids is 1. The number of carbonyl (C=O) groups is 1. The highest BCUT2D eigenvalue weighted by Gasteiger charge is 2.33. The molecule has 0 unspecified atom stereocenters. The summed E-state index contributed by atoms with van der Waals surface area (Å²) in [6.07, 6.45) is 2.23. The maximum atomic E-state index is 11.7. The number of fused-ring (bicyclic) bond motifs is 1. The average Bonchev–Trinajstić information content (AvgIpc) is 3.05. The number of aliphatic hydroxyl groups is 1. The van der Waals surface area contributed by atoms with E-state index in [9.17, 15) is 9.90 Å². The van der Waals surface area contributed by atoms with Crippen LogP contribution in [0.15, 0.2) is 24.3 Å². The molecule has 2 aliphatic rings. The number of benzene rings is 1. The molecule has 2 amide bonds. The summed E-state index contributed by atoms with van der Waals surface area (Å²) in [5, 5.41) is 15.7. The Hall–Kier alpha value is -1.55. The second-order valence-corrected chi connectivity index (χ2v) is 4.84. The van der Waals surface area contributed by atoms with Crippen molar-refractivity contribution in [3.8, 4) is 0 Å². The normalized spacial score (nSPS) is 26.4. The van der Waals surface area contributed by atoms with Crippen molar-refractivity contribution in [1.82, 2.24) is 10.6 Å². The lowest BCUT2D eigenvalue weighted by atomic mass is 10.1. The van der Waals surface area contributed by atoms with Crippen LogP contribution in [-0.2, 0) is 6.42 Å². The lowest BCUT2D eigenvalue weighted by molar-refractivity contribution is 0.142. The van der Waals surface area contributed by atoms with Crippen LogP contribution in [0.25, 0.3) is 0 Å². The van der Waals surface area contributed by atoms with E-state index in [0.29, 0.717) is 12.5 Å². The molecular weight excluding hydrogens is 216 g/mol. The van der Waals surface area contributed by atoms with Gasteiger partial charge in [-0.1, -0.05) is 24.3 Å². The topological polar surface area (TPSA) is 61.4 Å². The largest absolute Gasteiger partial charge is 0.390 e. The molecule has 4 nitrogen and oxygen atoms in total. The molecule has 1 aromatic rings. The molecule has 2 aliphatic carbocycles. The van der Waals surface area contributed by atoms with Gasteiger partial charge in [0.05, 0.1) is 12.1 Å². The first kappa shape index (κ1) is 10.6. The number of hydrogen-bond acceptors (Lipinski definition) is 2. The van der Waals surface area contributed by atoms with E-state index < -0.39 is 6.10 Å². The molecule has 1 aromatic carbocycles. The van der Waals surface area contributed by atoms with E-state index >= 15 is 0 Å². The van der Waals surface area contributed by atoms with Gasteiger partial charge in [0.25, 0.3) is 0 Å². The first-order valence-corrected chi connectivity index (χ1v) is 6.07. The summed E-state index contributed by atoms with van der Waals surface area (Å²) in [4.78, 5) is 11.7. The van der Waals surface area contributed by atoms with Gasteiger partial charge in [-0.15, -0.1) is 0 Å². The molecule has 1 saturated carbocycles. The lowest BCUT2D eigenvalue weighted by Gasteiger charge is -2.18. The molecule has 0 radical (unpaired) electrons. The molecule has 2 atom stereocenters. The fourth-order valence-electron chi connectivity index (χ4n) is 2.34. The van der Waals surface area contributed by atoms with Crippen molar-refractivity contribution in [2.45, 2.75) is 37.5 Å². The number of aliphatic hydroxyl groups excluding tert-OH is 1. The van der Waals surface area contributed by atoms with Crippen LogP contribution in [0.2, 0.25) is 0 Å². The summed E-state index contributed by atoms with van der Waals surface area (Å²) in [5.74, 6) is 0. The summed E-state index contributed by atoms with van der Waals surface area (Å²) in [5.41, 5.74) is 2.16. The first-order chi connectivity index (χ1) is 8.24. The highest BCUT2D eigenvalue weighted by atomic mass is 16.3. The van der Waals surface area contributed by atoms with Gasteiger partial charge in [0.2, 0.25) is 0 Å². The van der Waals surface area contributed by atoms with Crippen molar-refractivity contribution in [2.24, 2.45) is 0 Å². The van der Waals surface area contributed by atoms with Crippen LogP contribution in [0.3, 0.4) is 0 Å². The summed E-state index contributed by atoms with van der Waals surface area (Å²) >= 11 is 0. The maximum Gasteiger partial charge on any atom is 0.315 e. The van der Waals surface area contributed by atoms with Crippen molar-refractivity contribution in [2.75, 3.05) is 0 Å². The fourth-order valence-corrected chi connectivity index (χ4v) is 2.34. The summed E-state index contributed by atoms with van der Waals surface area (Å²) in [6.45, 7) is 0. The van der Waals surface area contributed by atoms with Crippen LogP contribution in [0.4, 0.5) is 4.79 Å². The Kier molecular flexibility index (Phi) is 2.52. The zero-order chi connectivity index (χ0) is 11.8. The van der Waals surface area contributed by atoms with Gasteiger partial charge in [0.1, 0.15) is 0 Å². The summed E-state index contributed by atoms with van der Waals surface area (Å²) < 4.78 is 0. The standard InChI is InChI=1S/C13H16N2O2/c16-11-7-8-3-1-2-4-10(8)12(11)15-13(17)14-9-5-6-9/h1-4,9,11-12,16H,5-7H2,(H2,14,15,17)/t11-,12+/m1/s1. The smallest absolute Gasteiger partial charge is 0.315 e. The number of hydrogen-bond donors (Lipinski definition) is 3. The molecular formula is C13H16N2O2. The van der Waals surface area contributed by atoms with Crippen molar-refractivity contribution in [3.63, 3.8) is 0 Å². The minimum Gasteiger partial charge on any atom is -0.390 e. The minimum atomic E-state index is -0.516. The van der Waals surface area contributed by atoms with Crippen LogP contribution < -0.4 is 10.6 Å². The zero-order valence-corrected chi connectivity index (χ0v) is 9.52. The SMILES string of the molecule is O=C(NC1CC1)N[C@H]1c2ccccc2C[C@H]1O. The van der Waals surface area contributed by atoms with Crippen molar-refractivity contribution >= 4 is 6.03 Å². The third-order valence-electron chi connectivity index (χ3n) is 3.40. The molecule has 0 bridgehead atoms. The Morgan fingerprint density at radius 2 is 2.00 bits per heavy atom. The number of rotatable bonds is 2. The van der Waals surface area contributed by atoms with E-state index in [0.717, 1.165) is 24.0 Å². The third kappa shape index (κ3) is 2.13. The van der Waals surface area contributed by atoms with E-state index in [-0.39, 0.29) is 12.1 Å². The molecule has 4 heteroatoms. The van der Waals surface area contributed by atoms with Crippen LogP contribution in [-0.4, -0.2) is 23.3 Å². The Labute approximate surface area is 100 Å². The highest BCUT2D eigenvalue weighted by molar-refractivity contribution is 5.75. The Bertz CT molecular complexity index is 443. The third-order valence-corrected chi connectivity index (χ3v) is 3.40. The van der Waals surface area contributed by atoms with Gasteiger partial charge in [-0.25, -0.2) is 4.79 Å². The Balaban J connectivity index is 1.71. The number of amides is 2. The van der Waals surface area contributed by atoms with E-state index in [1.165, 1.54) is 0 Å². The van der Waals surface area contributed by atoms with Crippen LogP contribution in [0.5, 0.6) is 0 Å². The maximum absolute atomic E-state index is 11.7. The van der Waals surface area contributed by atoms with Gasteiger partial charge in [0.15, 0.2) is 0 Å². The zero-order valence-electron chi connectivity index (χ0n) is 9.52. The molecule has 90 valence electrons. The van der Waals surface area contributed by atoms with Crippen molar-refractivity contribution in [3.05, 3.63) is 35.4 Å². The second-order valence-electron chi connectivity index (χ2n) is 4.84. The molecule has 1 fully saturated rings. The van der Waals surface area contributed by atoms with E-state index in [2.05, 4.69) is 10.6 Å². The van der Waals surface area contributed by atoms with E-state index in [1.807, 2.05) is 24.3 Å². The first-order valence-electron chi connectivity index (χ1n) is 6.07. The van der Waals surface area contributed by atoms with Gasteiger partial charge < -0.3 is 15.7 Å². The molecule has 3 N–H and O–H groups in total. The molecule has 0 spiro atoms. The second kappa shape index (κ2) is 4.04. The Morgan fingerprint density at radius 3 is 2.76 bits per heavy atom. The van der Waals surface area contributed by atoms with Crippen molar-refractivity contribution in [1.29, 1.82) is 0 Å². The van der Waals surface area contributed by atoms with Gasteiger partial charge >= 0.3 is 6.03 Å². The van der Waals surface area contributed by atoms with Gasteiger partial charge in [0, 0.05) is 12.5 Å². The quantitative estimate of drug-likeness (QED) is 0.715. The minimum absolute atomic E-state index is 0.173. The lowest BCUT2D eigenvalue weighted by Crippen LogP contribution is -2.41. The molecule has 0 aliphatic heterocycles. The predicted octanol–water partition coefficient (Wildman–Crippen LogP) is 1.11.